The quantitative estimate of drug-likeness (QED) is 0.340. The van der Waals surface area contributed by atoms with Gasteiger partial charge in [-0.1, -0.05) is 48.0 Å². The van der Waals surface area contributed by atoms with E-state index in [1.807, 2.05) is 54.6 Å². The van der Waals surface area contributed by atoms with Gasteiger partial charge >= 0.3 is 5.63 Å². The van der Waals surface area contributed by atoms with Crippen LogP contribution in [0.1, 0.15) is 11.1 Å². The van der Waals surface area contributed by atoms with Gasteiger partial charge in [-0.25, -0.2) is 4.79 Å². The van der Waals surface area contributed by atoms with Crippen LogP contribution in [0.4, 0.5) is 0 Å². The van der Waals surface area contributed by atoms with E-state index in [4.69, 9.17) is 30.2 Å². The summed E-state index contributed by atoms with van der Waals surface area (Å²) >= 11 is 6.61. The highest BCUT2D eigenvalue weighted by Crippen LogP contribution is 2.41. The molecule has 0 atom stereocenters. The third-order valence-corrected chi connectivity index (χ3v) is 6.34. The zero-order chi connectivity index (χ0) is 23.7. The largest absolute Gasteiger partial charge is 0.493 e. The Balaban J connectivity index is 1.46. The minimum Gasteiger partial charge on any atom is -0.493 e. The molecule has 7 heteroatoms. The molecule has 1 aromatic heterocycles. The fraction of sp³-hybridized carbons (Fsp3) is 0.222. The lowest BCUT2D eigenvalue weighted by molar-refractivity contribution is 0.0968. The van der Waals surface area contributed by atoms with Crippen LogP contribution in [0.3, 0.4) is 0 Å². The molecule has 0 saturated carbocycles. The first-order valence-electron chi connectivity index (χ1n) is 11.0. The number of rotatable bonds is 6. The molecule has 4 aromatic rings. The summed E-state index contributed by atoms with van der Waals surface area (Å²) in [5.74, 6) is 1.98. The molecule has 5 rings (SSSR count). The number of methoxy groups -OCH3 is 2. The molecule has 0 bridgehead atoms. The van der Waals surface area contributed by atoms with Gasteiger partial charge in [0.2, 0.25) is 0 Å². The molecule has 3 aromatic carbocycles. The van der Waals surface area contributed by atoms with Crippen molar-refractivity contribution in [2.75, 3.05) is 27.5 Å². The number of ether oxygens (including phenoxy) is 3. The van der Waals surface area contributed by atoms with Gasteiger partial charge in [-0.3, -0.25) is 4.90 Å². The molecule has 1 aliphatic rings. The molecule has 0 fully saturated rings. The van der Waals surface area contributed by atoms with Crippen LogP contribution in [0.2, 0.25) is 5.02 Å². The number of halogens is 1. The normalized spacial score (nSPS) is 13.4. The van der Waals surface area contributed by atoms with E-state index in [9.17, 15) is 4.79 Å². The molecule has 0 radical (unpaired) electrons. The topological polar surface area (TPSA) is 61.1 Å². The second-order valence-corrected chi connectivity index (χ2v) is 8.56. The molecule has 0 saturated heterocycles. The molecule has 0 N–H and O–H groups in total. The number of fused-ring (bicyclic) bond motifs is 3. The zero-order valence-corrected chi connectivity index (χ0v) is 19.7. The summed E-state index contributed by atoms with van der Waals surface area (Å²) in [6.45, 7) is 1.69. The Hall–Kier alpha value is -3.48. The predicted octanol–water partition coefficient (Wildman–Crippen LogP) is 5.53. The maximum absolute atomic E-state index is 12.5. The number of hydrogen-bond donors (Lipinski definition) is 0. The van der Waals surface area contributed by atoms with Crippen LogP contribution < -0.4 is 19.8 Å². The molecular formula is C27H24ClNO5. The van der Waals surface area contributed by atoms with Crippen LogP contribution in [0, 0.1) is 0 Å². The van der Waals surface area contributed by atoms with Crippen molar-refractivity contribution in [2.24, 2.45) is 0 Å². The van der Waals surface area contributed by atoms with E-state index >= 15 is 0 Å². The molecule has 0 amide bonds. The van der Waals surface area contributed by atoms with E-state index in [0.717, 1.165) is 40.6 Å². The van der Waals surface area contributed by atoms with Crippen LogP contribution in [0.25, 0.3) is 22.1 Å². The highest BCUT2D eigenvalue weighted by molar-refractivity contribution is 6.33. The average Bonchev–Trinajstić information content (AvgIpc) is 2.88. The lowest BCUT2D eigenvalue weighted by Gasteiger charge is -2.30. The van der Waals surface area contributed by atoms with Crippen molar-refractivity contribution in [3.05, 3.63) is 87.2 Å². The third kappa shape index (κ3) is 4.22. The van der Waals surface area contributed by atoms with E-state index in [0.29, 0.717) is 41.1 Å². The van der Waals surface area contributed by atoms with Gasteiger partial charge in [-0.05, 0) is 41.3 Å². The number of benzene rings is 3. The predicted molar refractivity (Wildman–Crippen MR) is 132 cm³/mol. The highest BCUT2D eigenvalue weighted by Gasteiger charge is 2.25. The Kier molecular flexibility index (Phi) is 6.18. The standard InChI is InChI=1S/C27H24ClNO5/c1-31-23-9-8-17(12-24(23)32-2)10-11-29-15-21-26-20(13-22(28)27(21)33-16-29)19(14-25(30)34-26)18-6-4-3-5-7-18/h3-9,12-14H,10-11,15-16H2,1-2H3. The van der Waals surface area contributed by atoms with Crippen molar-refractivity contribution in [1.82, 2.24) is 4.90 Å². The highest BCUT2D eigenvalue weighted by atomic mass is 35.5. The SMILES string of the molecule is COc1ccc(CCN2COc3c(Cl)cc4c(-c5ccccc5)cc(=O)oc4c3C2)cc1OC. The fourth-order valence-electron chi connectivity index (χ4n) is 4.36. The molecule has 174 valence electrons. The molecule has 0 unspecified atom stereocenters. The minimum atomic E-state index is -0.404. The van der Waals surface area contributed by atoms with Crippen molar-refractivity contribution in [2.45, 2.75) is 13.0 Å². The van der Waals surface area contributed by atoms with Gasteiger partial charge < -0.3 is 18.6 Å². The Bertz CT molecular complexity index is 1400. The summed E-state index contributed by atoms with van der Waals surface area (Å²) in [6, 6.07) is 19.0. The second kappa shape index (κ2) is 9.41. The van der Waals surface area contributed by atoms with Crippen molar-refractivity contribution >= 4 is 22.6 Å². The van der Waals surface area contributed by atoms with Crippen LogP contribution in [0.15, 0.2) is 69.9 Å². The monoisotopic (exact) mass is 477 g/mol. The van der Waals surface area contributed by atoms with E-state index in [2.05, 4.69) is 4.90 Å². The van der Waals surface area contributed by atoms with Crippen LogP contribution in [-0.2, 0) is 13.0 Å². The summed E-state index contributed by atoms with van der Waals surface area (Å²) in [5, 5.41) is 1.30. The summed E-state index contributed by atoms with van der Waals surface area (Å²) in [4.78, 5) is 14.6. The van der Waals surface area contributed by atoms with E-state index < -0.39 is 5.63 Å². The molecule has 0 spiro atoms. The maximum atomic E-state index is 12.5. The van der Waals surface area contributed by atoms with Crippen molar-refractivity contribution in [1.29, 1.82) is 0 Å². The summed E-state index contributed by atoms with van der Waals surface area (Å²) < 4.78 is 22.4. The Morgan fingerprint density at radius 3 is 2.56 bits per heavy atom. The van der Waals surface area contributed by atoms with Gasteiger partial charge in [-0.2, -0.15) is 0 Å². The fourth-order valence-corrected chi connectivity index (χ4v) is 4.64. The van der Waals surface area contributed by atoms with Gasteiger partial charge in [-0.15, -0.1) is 0 Å². The molecule has 1 aliphatic heterocycles. The molecule has 2 heterocycles. The van der Waals surface area contributed by atoms with Gasteiger partial charge in [0.25, 0.3) is 0 Å². The van der Waals surface area contributed by atoms with Crippen LogP contribution >= 0.6 is 11.6 Å². The Labute approximate surface area is 202 Å². The van der Waals surface area contributed by atoms with Crippen molar-refractivity contribution in [3.8, 4) is 28.4 Å². The van der Waals surface area contributed by atoms with Gasteiger partial charge in [0, 0.05) is 24.5 Å². The first-order valence-corrected chi connectivity index (χ1v) is 11.4. The minimum absolute atomic E-state index is 0.397. The average molecular weight is 478 g/mol. The van der Waals surface area contributed by atoms with Gasteiger partial charge in [0.05, 0.1) is 24.8 Å². The Morgan fingerprint density at radius 1 is 1.00 bits per heavy atom. The molecule has 6 nitrogen and oxygen atoms in total. The van der Waals surface area contributed by atoms with Gasteiger partial charge in [0.15, 0.2) is 11.5 Å². The lowest BCUT2D eigenvalue weighted by Crippen LogP contribution is -2.34. The first-order chi connectivity index (χ1) is 16.6. The lowest BCUT2D eigenvalue weighted by atomic mass is 9.99. The number of hydrogen-bond acceptors (Lipinski definition) is 6. The second-order valence-electron chi connectivity index (χ2n) is 8.15. The van der Waals surface area contributed by atoms with E-state index in [1.54, 1.807) is 14.2 Å². The maximum Gasteiger partial charge on any atom is 0.336 e. The van der Waals surface area contributed by atoms with Crippen LogP contribution in [0.5, 0.6) is 17.2 Å². The van der Waals surface area contributed by atoms with Crippen molar-refractivity contribution in [3.63, 3.8) is 0 Å². The summed E-state index contributed by atoms with van der Waals surface area (Å²) in [6.07, 6.45) is 0.788. The summed E-state index contributed by atoms with van der Waals surface area (Å²) in [5.41, 5.74) is 3.74. The van der Waals surface area contributed by atoms with E-state index in [-0.39, 0.29) is 0 Å². The van der Waals surface area contributed by atoms with Crippen LogP contribution in [-0.4, -0.2) is 32.4 Å². The summed E-state index contributed by atoms with van der Waals surface area (Å²) in [7, 11) is 3.25. The molecular weight excluding hydrogens is 454 g/mol. The number of nitrogens with zero attached hydrogens (tertiary/aromatic N) is 1. The molecule has 34 heavy (non-hydrogen) atoms. The molecule has 0 aliphatic carbocycles. The van der Waals surface area contributed by atoms with E-state index in [1.165, 1.54) is 6.07 Å². The zero-order valence-electron chi connectivity index (χ0n) is 19.0. The smallest absolute Gasteiger partial charge is 0.336 e. The third-order valence-electron chi connectivity index (χ3n) is 6.06. The Morgan fingerprint density at radius 2 is 1.79 bits per heavy atom. The van der Waals surface area contributed by atoms with Crippen molar-refractivity contribution < 1.29 is 18.6 Å². The van der Waals surface area contributed by atoms with Gasteiger partial charge in [0.1, 0.15) is 18.1 Å². The first kappa shape index (κ1) is 22.3.